The zero-order valence-corrected chi connectivity index (χ0v) is 20.5. The number of nitrogens with zero attached hydrogens (tertiary/aromatic N) is 2. The number of nitrogens with one attached hydrogen (secondary N) is 1. The van der Waals surface area contributed by atoms with E-state index in [9.17, 15) is 9.59 Å². The maximum Gasteiger partial charge on any atom is 0.244 e. The molecule has 6 nitrogen and oxygen atoms in total. The average Bonchev–Trinajstić information content (AvgIpc) is 2.97. The summed E-state index contributed by atoms with van der Waals surface area (Å²) in [5, 5.41) is 3.56. The Labute approximate surface area is 203 Å². The number of nitrogens with two attached hydrogens (primary N) is 1. The van der Waals surface area contributed by atoms with Crippen LogP contribution in [0.1, 0.15) is 49.7 Å². The van der Waals surface area contributed by atoms with Gasteiger partial charge in [0.15, 0.2) is 0 Å². The molecule has 1 saturated carbocycles. The predicted molar refractivity (Wildman–Crippen MR) is 138 cm³/mol. The Morgan fingerprint density at radius 1 is 1.09 bits per heavy atom. The van der Waals surface area contributed by atoms with Crippen LogP contribution in [0.4, 0.5) is 11.4 Å². The van der Waals surface area contributed by atoms with E-state index in [1.54, 1.807) is 0 Å². The molecule has 1 unspecified atom stereocenters. The van der Waals surface area contributed by atoms with Gasteiger partial charge in [-0.15, -0.1) is 0 Å². The topological polar surface area (TPSA) is 78.7 Å². The molecule has 0 radical (unpaired) electrons. The smallest absolute Gasteiger partial charge is 0.244 e. The lowest BCUT2D eigenvalue weighted by Crippen LogP contribution is -2.46. The van der Waals surface area contributed by atoms with E-state index in [0.717, 1.165) is 68.4 Å². The fourth-order valence-corrected chi connectivity index (χ4v) is 5.42. The first-order valence-corrected chi connectivity index (χ1v) is 12.6. The van der Waals surface area contributed by atoms with Crippen molar-refractivity contribution in [1.29, 1.82) is 0 Å². The number of primary amides is 1. The zero-order valence-electron chi connectivity index (χ0n) is 20.5. The number of rotatable bonds is 8. The van der Waals surface area contributed by atoms with E-state index in [1.807, 2.05) is 25.1 Å². The lowest BCUT2D eigenvalue weighted by Gasteiger charge is -2.29. The van der Waals surface area contributed by atoms with Crippen LogP contribution in [0.2, 0.25) is 0 Å². The molecular formula is C28H38N4O2. The van der Waals surface area contributed by atoms with Crippen LogP contribution < -0.4 is 20.9 Å². The molecule has 0 spiro atoms. The summed E-state index contributed by atoms with van der Waals surface area (Å²) in [5.41, 5.74) is 10.1. The molecule has 1 fully saturated rings. The molecule has 34 heavy (non-hydrogen) atoms. The van der Waals surface area contributed by atoms with Crippen molar-refractivity contribution in [1.82, 2.24) is 5.32 Å². The van der Waals surface area contributed by atoms with Gasteiger partial charge in [0, 0.05) is 31.4 Å². The fourth-order valence-electron chi connectivity index (χ4n) is 5.42. The van der Waals surface area contributed by atoms with Gasteiger partial charge in [-0.05, 0) is 73.9 Å². The second-order valence-corrected chi connectivity index (χ2v) is 10.1. The van der Waals surface area contributed by atoms with Gasteiger partial charge in [-0.25, -0.2) is 0 Å². The van der Waals surface area contributed by atoms with E-state index in [4.69, 9.17) is 5.73 Å². The van der Waals surface area contributed by atoms with Crippen molar-refractivity contribution in [2.24, 2.45) is 17.6 Å². The van der Waals surface area contributed by atoms with Crippen molar-refractivity contribution in [2.75, 3.05) is 30.4 Å². The van der Waals surface area contributed by atoms with Crippen LogP contribution in [0, 0.1) is 11.8 Å². The van der Waals surface area contributed by atoms with Gasteiger partial charge in [0.2, 0.25) is 11.8 Å². The van der Waals surface area contributed by atoms with E-state index in [0.29, 0.717) is 12.5 Å². The minimum absolute atomic E-state index is 0.0159. The molecule has 1 heterocycles. The molecule has 0 bridgehead atoms. The van der Waals surface area contributed by atoms with E-state index in [-0.39, 0.29) is 23.8 Å². The van der Waals surface area contributed by atoms with Crippen LogP contribution in [-0.2, 0) is 22.6 Å². The molecule has 6 heteroatoms. The molecule has 0 saturated heterocycles. The number of carbonyl (C=O) groups is 2. The van der Waals surface area contributed by atoms with Gasteiger partial charge < -0.3 is 20.9 Å². The summed E-state index contributed by atoms with van der Waals surface area (Å²) < 4.78 is 0. The van der Waals surface area contributed by atoms with Gasteiger partial charge in [0.1, 0.15) is 0 Å². The molecule has 4 rings (SSSR count). The quantitative estimate of drug-likeness (QED) is 0.624. The van der Waals surface area contributed by atoms with Crippen molar-refractivity contribution in [3.05, 3.63) is 59.7 Å². The van der Waals surface area contributed by atoms with Gasteiger partial charge in [-0.3, -0.25) is 9.59 Å². The number of anilines is 2. The minimum Gasteiger partial charge on any atom is -0.378 e. The number of benzene rings is 2. The van der Waals surface area contributed by atoms with Crippen LogP contribution in [0.25, 0.3) is 0 Å². The molecule has 182 valence electrons. The van der Waals surface area contributed by atoms with E-state index in [1.165, 1.54) is 5.56 Å². The second kappa shape index (κ2) is 11.0. The van der Waals surface area contributed by atoms with Crippen molar-refractivity contribution in [2.45, 2.75) is 57.5 Å². The first-order valence-electron chi connectivity index (χ1n) is 12.6. The number of carbonyl (C=O) groups excluding carboxylic acids is 2. The minimum atomic E-state index is -0.205. The second-order valence-electron chi connectivity index (χ2n) is 10.1. The predicted octanol–water partition coefficient (Wildman–Crippen LogP) is 3.87. The third kappa shape index (κ3) is 5.79. The molecule has 3 N–H and O–H groups in total. The van der Waals surface area contributed by atoms with Crippen LogP contribution in [0.5, 0.6) is 0 Å². The summed E-state index contributed by atoms with van der Waals surface area (Å²) in [6.07, 6.45) is 6.66. The average molecular weight is 463 g/mol. The highest BCUT2D eigenvalue weighted by Gasteiger charge is 2.31. The van der Waals surface area contributed by atoms with Crippen molar-refractivity contribution in [3.63, 3.8) is 0 Å². The Morgan fingerprint density at radius 3 is 2.59 bits per heavy atom. The summed E-state index contributed by atoms with van der Waals surface area (Å²) in [6, 6.07) is 16.5. The fraction of sp³-hybridized carbons (Fsp3) is 0.500. The monoisotopic (exact) mass is 462 g/mol. The van der Waals surface area contributed by atoms with E-state index in [2.05, 4.69) is 52.7 Å². The highest BCUT2D eigenvalue weighted by atomic mass is 16.2. The molecule has 2 aliphatic rings. The number of amides is 2. The van der Waals surface area contributed by atoms with Crippen molar-refractivity contribution in [3.8, 4) is 0 Å². The highest BCUT2D eigenvalue weighted by Crippen LogP contribution is 2.32. The Hall–Kier alpha value is -2.86. The standard InChI is InChI=1S/C28H38N4O2/c1-31(2)24-13-10-21(11-14-24)19-32-26-9-4-3-7-22(26)12-15-25(28(32)34)30-17-16-20-6-5-8-23(18-20)27(29)33/h3-4,7,9-11,13-14,20,23,25,30H,5-6,8,12,15-19H2,1-2H3,(H2,29,33)/t20?,23-,25-/m0/s1. The number of hydrogen-bond acceptors (Lipinski definition) is 4. The van der Waals surface area contributed by atoms with E-state index < -0.39 is 0 Å². The summed E-state index contributed by atoms with van der Waals surface area (Å²) in [4.78, 5) is 29.3. The molecule has 2 amide bonds. The molecule has 0 aromatic heterocycles. The van der Waals surface area contributed by atoms with Crippen molar-refractivity contribution >= 4 is 23.2 Å². The van der Waals surface area contributed by atoms with Gasteiger partial charge in [-0.2, -0.15) is 0 Å². The third-order valence-corrected chi connectivity index (χ3v) is 7.47. The van der Waals surface area contributed by atoms with Crippen molar-refractivity contribution < 1.29 is 9.59 Å². The lowest BCUT2D eigenvalue weighted by molar-refractivity contribution is -0.123. The first-order chi connectivity index (χ1) is 16.4. The lowest BCUT2D eigenvalue weighted by atomic mass is 9.79. The molecule has 1 aliphatic heterocycles. The summed E-state index contributed by atoms with van der Waals surface area (Å²) >= 11 is 0. The maximum absolute atomic E-state index is 13.7. The van der Waals surface area contributed by atoms with Gasteiger partial charge in [-0.1, -0.05) is 43.2 Å². The van der Waals surface area contributed by atoms with Crippen LogP contribution in [0.3, 0.4) is 0 Å². The molecule has 3 atom stereocenters. The number of para-hydroxylation sites is 1. The normalized spacial score (nSPS) is 22.7. The Balaban J connectivity index is 1.43. The maximum atomic E-state index is 13.7. The van der Waals surface area contributed by atoms with Crippen LogP contribution in [0.15, 0.2) is 48.5 Å². The number of fused-ring (bicyclic) bond motifs is 1. The Kier molecular flexibility index (Phi) is 7.88. The van der Waals surface area contributed by atoms with Gasteiger partial charge >= 0.3 is 0 Å². The molecule has 2 aromatic rings. The SMILES string of the molecule is CN(C)c1ccc(CN2C(=O)[C@@H](NCCC3CCC[C@H](C(N)=O)C3)CCc3ccccc32)cc1. The highest BCUT2D eigenvalue weighted by molar-refractivity contribution is 5.98. The Morgan fingerprint density at radius 2 is 1.85 bits per heavy atom. The largest absolute Gasteiger partial charge is 0.378 e. The summed E-state index contributed by atoms with van der Waals surface area (Å²) in [6.45, 7) is 1.35. The van der Waals surface area contributed by atoms with Crippen LogP contribution in [-0.4, -0.2) is 38.5 Å². The van der Waals surface area contributed by atoms with Gasteiger partial charge in [0.25, 0.3) is 0 Å². The Bertz CT molecular complexity index is 988. The van der Waals surface area contributed by atoms with Gasteiger partial charge in [0.05, 0.1) is 12.6 Å². The van der Waals surface area contributed by atoms with E-state index >= 15 is 0 Å². The molecule has 2 aromatic carbocycles. The third-order valence-electron chi connectivity index (χ3n) is 7.47. The van der Waals surface area contributed by atoms with Crippen LogP contribution >= 0.6 is 0 Å². The summed E-state index contributed by atoms with van der Waals surface area (Å²) in [7, 11) is 4.06. The number of aryl methyl sites for hydroxylation is 1. The molecular weight excluding hydrogens is 424 g/mol. The molecule has 1 aliphatic carbocycles. The zero-order chi connectivity index (χ0) is 24.1. The summed E-state index contributed by atoms with van der Waals surface area (Å²) in [5.74, 6) is 0.495. The number of hydrogen-bond donors (Lipinski definition) is 2. The first kappa shape index (κ1) is 24.3.